The first-order chi connectivity index (χ1) is 16.5. The monoisotopic (exact) mass is 460 g/mol. The summed E-state index contributed by atoms with van der Waals surface area (Å²) < 4.78 is 0. The molecule has 0 radical (unpaired) electrons. The molecule has 3 amide bonds. The average Bonchev–Trinajstić information content (AvgIpc) is 3.63. The molecular weight excluding hydrogens is 428 g/mol. The zero-order valence-electron chi connectivity index (χ0n) is 19.7. The fourth-order valence-corrected chi connectivity index (χ4v) is 5.62. The van der Waals surface area contributed by atoms with Gasteiger partial charge >= 0.3 is 0 Å². The van der Waals surface area contributed by atoms with Gasteiger partial charge in [-0.1, -0.05) is 48.5 Å². The number of likely N-dealkylation sites (N-methyl/N-ethyl adjacent to an activating group) is 1. The van der Waals surface area contributed by atoms with Gasteiger partial charge in [-0.2, -0.15) is 0 Å². The molecule has 2 saturated heterocycles. The fraction of sp³-hybridized carbons (Fsp3) is 0.444. The van der Waals surface area contributed by atoms with Crippen molar-refractivity contribution >= 4 is 23.4 Å². The van der Waals surface area contributed by atoms with Gasteiger partial charge in [0, 0.05) is 31.2 Å². The van der Waals surface area contributed by atoms with E-state index < -0.39 is 5.54 Å². The lowest BCUT2D eigenvalue weighted by Gasteiger charge is -2.43. The highest BCUT2D eigenvalue weighted by Gasteiger charge is 2.55. The van der Waals surface area contributed by atoms with Crippen LogP contribution in [0.15, 0.2) is 60.7 Å². The largest absolute Gasteiger partial charge is 0.355 e. The SMILES string of the molecule is CCNC(=O)CN1CN(c2ccccc2)C2(CCN(C(=O)C3CC3c3ccccc3)CC2)C1=O. The zero-order valence-corrected chi connectivity index (χ0v) is 19.7. The van der Waals surface area contributed by atoms with E-state index in [2.05, 4.69) is 22.3 Å². The van der Waals surface area contributed by atoms with Crippen LogP contribution in [0.4, 0.5) is 5.69 Å². The summed E-state index contributed by atoms with van der Waals surface area (Å²) >= 11 is 0. The van der Waals surface area contributed by atoms with E-state index in [1.165, 1.54) is 5.56 Å². The Kier molecular flexibility index (Phi) is 6.02. The van der Waals surface area contributed by atoms with E-state index in [4.69, 9.17) is 0 Å². The Morgan fingerprint density at radius 2 is 1.65 bits per heavy atom. The summed E-state index contributed by atoms with van der Waals surface area (Å²) in [6.45, 7) is 3.96. The molecule has 178 valence electrons. The molecule has 2 heterocycles. The van der Waals surface area contributed by atoms with Crippen molar-refractivity contribution in [2.75, 3.05) is 37.7 Å². The van der Waals surface area contributed by atoms with Crippen molar-refractivity contribution in [2.45, 2.75) is 37.6 Å². The molecule has 2 atom stereocenters. The first-order valence-electron chi connectivity index (χ1n) is 12.3. The maximum absolute atomic E-state index is 13.7. The fourth-order valence-electron chi connectivity index (χ4n) is 5.62. The van der Waals surface area contributed by atoms with Gasteiger partial charge in [0.2, 0.25) is 11.8 Å². The van der Waals surface area contributed by atoms with E-state index in [0.717, 1.165) is 12.1 Å². The van der Waals surface area contributed by atoms with E-state index in [-0.39, 0.29) is 30.2 Å². The molecule has 5 rings (SSSR count). The summed E-state index contributed by atoms with van der Waals surface area (Å²) in [6, 6.07) is 20.2. The van der Waals surface area contributed by atoms with Crippen LogP contribution in [-0.2, 0) is 14.4 Å². The smallest absolute Gasteiger partial charge is 0.250 e. The molecule has 1 N–H and O–H groups in total. The predicted octanol–water partition coefficient (Wildman–Crippen LogP) is 2.59. The van der Waals surface area contributed by atoms with Crippen LogP contribution in [0.3, 0.4) is 0 Å². The molecule has 7 heteroatoms. The van der Waals surface area contributed by atoms with Gasteiger partial charge < -0.3 is 20.0 Å². The molecule has 1 aliphatic carbocycles. The minimum Gasteiger partial charge on any atom is -0.355 e. The second kappa shape index (κ2) is 9.12. The lowest BCUT2D eigenvalue weighted by molar-refractivity contribution is -0.140. The number of amides is 3. The number of anilines is 1. The highest BCUT2D eigenvalue weighted by atomic mass is 16.2. The third-order valence-electron chi connectivity index (χ3n) is 7.53. The van der Waals surface area contributed by atoms with Crippen LogP contribution >= 0.6 is 0 Å². The number of likely N-dealkylation sites (tertiary alicyclic amines) is 1. The third-order valence-corrected chi connectivity index (χ3v) is 7.53. The van der Waals surface area contributed by atoms with Crippen molar-refractivity contribution in [3.63, 3.8) is 0 Å². The van der Waals surface area contributed by atoms with Gasteiger partial charge in [0.15, 0.2) is 0 Å². The molecule has 0 aromatic heterocycles. The molecule has 2 aliphatic heterocycles. The molecule has 3 aliphatic rings. The van der Waals surface area contributed by atoms with Crippen molar-refractivity contribution < 1.29 is 14.4 Å². The number of nitrogens with zero attached hydrogens (tertiary/aromatic N) is 3. The maximum atomic E-state index is 13.7. The summed E-state index contributed by atoms with van der Waals surface area (Å²) in [5.41, 5.74) is 1.49. The number of hydrogen-bond donors (Lipinski definition) is 1. The molecule has 1 spiro atoms. The first kappa shape index (κ1) is 22.4. The Labute approximate surface area is 200 Å². The average molecular weight is 461 g/mol. The molecule has 1 saturated carbocycles. The van der Waals surface area contributed by atoms with Gasteiger partial charge in [0.05, 0.1) is 6.67 Å². The Bertz CT molecular complexity index is 1050. The van der Waals surface area contributed by atoms with Crippen molar-refractivity contribution in [3.8, 4) is 0 Å². The summed E-state index contributed by atoms with van der Waals surface area (Å²) in [7, 11) is 0. The molecule has 7 nitrogen and oxygen atoms in total. The Balaban J connectivity index is 1.30. The van der Waals surface area contributed by atoms with Gasteiger partial charge in [-0.3, -0.25) is 14.4 Å². The summed E-state index contributed by atoms with van der Waals surface area (Å²) in [6.07, 6.45) is 2.04. The molecule has 2 aromatic carbocycles. The number of carbonyl (C=O) groups excluding carboxylic acids is 3. The number of rotatable bonds is 6. The van der Waals surface area contributed by atoms with Crippen LogP contribution in [0.5, 0.6) is 0 Å². The quantitative estimate of drug-likeness (QED) is 0.719. The number of nitrogens with one attached hydrogen (secondary N) is 1. The number of benzene rings is 2. The van der Waals surface area contributed by atoms with Crippen molar-refractivity contribution in [1.82, 2.24) is 15.1 Å². The number of para-hydroxylation sites is 1. The van der Waals surface area contributed by atoms with Crippen LogP contribution in [0.1, 0.15) is 37.7 Å². The summed E-state index contributed by atoms with van der Waals surface area (Å²) in [4.78, 5) is 44.9. The standard InChI is InChI=1S/C27H32N4O3/c1-2-28-24(32)18-30-19-31(21-11-7-4-8-12-21)27(26(30)34)13-15-29(16-14-27)25(33)23-17-22(23)20-9-5-3-6-10-20/h3-12,22-23H,2,13-19H2,1H3,(H,28,32). The van der Waals surface area contributed by atoms with Gasteiger partial charge in [-0.05, 0) is 49.8 Å². The Morgan fingerprint density at radius 1 is 1.00 bits per heavy atom. The first-order valence-corrected chi connectivity index (χ1v) is 12.3. The van der Waals surface area contributed by atoms with Crippen LogP contribution < -0.4 is 10.2 Å². The Hall–Kier alpha value is -3.35. The van der Waals surface area contributed by atoms with Crippen molar-refractivity contribution in [1.29, 1.82) is 0 Å². The van der Waals surface area contributed by atoms with Crippen molar-refractivity contribution in [2.24, 2.45) is 5.92 Å². The van der Waals surface area contributed by atoms with Gasteiger partial charge in [0.25, 0.3) is 5.91 Å². The molecular formula is C27H32N4O3. The lowest BCUT2D eigenvalue weighted by Crippen LogP contribution is -2.57. The van der Waals surface area contributed by atoms with Crippen LogP contribution in [-0.4, -0.2) is 65.9 Å². The number of hydrogen-bond acceptors (Lipinski definition) is 4. The number of piperidine rings is 1. The Morgan fingerprint density at radius 3 is 2.29 bits per heavy atom. The van der Waals surface area contributed by atoms with E-state index >= 15 is 0 Å². The molecule has 2 aromatic rings. The lowest BCUT2D eigenvalue weighted by atomic mass is 9.85. The molecule has 2 unspecified atom stereocenters. The molecule has 3 fully saturated rings. The highest BCUT2D eigenvalue weighted by Crippen LogP contribution is 2.49. The van der Waals surface area contributed by atoms with E-state index in [1.807, 2.05) is 60.4 Å². The van der Waals surface area contributed by atoms with Crippen LogP contribution in [0.25, 0.3) is 0 Å². The topological polar surface area (TPSA) is 73.0 Å². The van der Waals surface area contributed by atoms with Gasteiger partial charge in [0.1, 0.15) is 12.1 Å². The summed E-state index contributed by atoms with van der Waals surface area (Å²) in [5.74, 6) is 0.415. The van der Waals surface area contributed by atoms with Crippen LogP contribution in [0.2, 0.25) is 0 Å². The summed E-state index contributed by atoms with van der Waals surface area (Å²) in [5, 5.41) is 2.79. The predicted molar refractivity (Wildman–Crippen MR) is 130 cm³/mol. The zero-order chi connectivity index (χ0) is 23.7. The normalized spacial score (nSPS) is 23.3. The second-order valence-corrected chi connectivity index (χ2v) is 9.58. The van der Waals surface area contributed by atoms with Gasteiger partial charge in [-0.25, -0.2) is 0 Å². The molecule has 34 heavy (non-hydrogen) atoms. The maximum Gasteiger partial charge on any atom is 0.250 e. The third kappa shape index (κ3) is 4.04. The molecule has 0 bridgehead atoms. The van der Waals surface area contributed by atoms with Gasteiger partial charge in [-0.15, -0.1) is 0 Å². The second-order valence-electron chi connectivity index (χ2n) is 9.58. The minimum atomic E-state index is -0.715. The van der Waals surface area contributed by atoms with Crippen LogP contribution in [0, 0.1) is 5.92 Å². The highest BCUT2D eigenvalue weighted by molar-refractivity contribution is 5.96. The van der Waals surface area contributed by atoms with Crippen molar-refractivity contribution in [3.05, 3.63) is 66.2 Å². The number of carbonyl (C=O) groups is 3. The minimum absolute atomic E-state index is 0.0108. The van der Waals surface area contributed by atoms with E-state index in [1.54, 1.807) is 4.90 Å². The van der Waals surface area contributed by atoms with E-state index in [0.29, 0.717) is 45.1 Å². The van der Waals surface area contributed by atoms with E-state index in [9.17, 15) is 14.4 Å².